The van der Waals surface area contributed by atoms with Gasteiger partial charge < -0.3 is 9.84 Å². The second-order valence-electron chi connectivity index (χ2n) is 7.66. The first-order chi connectivity index (χ1) is 9.96. The van der Waals surface area contributed by atoms with Crippen molar-refractivity contribution in [1.82, 2.24) is 0 Å². The van der Waals surface area contributed by atoms with E-state index in [1.54, 1.807) is 0 Å². The van der Waals surface area contributed by atoms with Gasteiger partial charge in [0.2, 0.25) is 0 Å². The highest BCUT2D eigenvalue weighted by Crippen LogP contribution is 2.50. The molecule has 1 saturated carbocycles. The van der Waals surface area contributed by atoms with Gasteiger partial charge >= 0.3 is 0 Å². The van der Waals surface area contributed by atoms with Crippen molar-refractivity contribution < 1.29 is 9.84 Å². The Morgan fingerprint density at radius 1 is 1.24 bits per heavy atom. The molecule has 21 heavy (non-hydrogen) atoms. The van der Waals surface area contributed by atoms with Gasteiger partial charge in [-0.25, -0.2) is 0 Å². The third-order valence-corrected chi connectivity index (χ3v) is 6.08. The van der Waals surface area contributed by atoms with Gasteiger partial charge in [0.05, 0.1) is 6.10 Å². The molecule has 2 nitrogen and oxygen atoms in total. The Labute approximate surface area is 128 Å². The van der Waals surface area contributed by atoms with Gasteiger partial charge in [-0.3, -0.25) is 0 Å². The van der Waals surface area contributed by atoms with Crippen molar-refractivity contribution in [2.24, 2.45) is 11.3 Å². The van der Waals surface area contributed by atoms with Gasteiger partial charge in [-0.2, -0.15) is 0 Å². The van der Waals surface area contributed by atoms with Crippen LogP contribution in [0.15, 0.2) is 24.3 Å². The summed E-state index contributed by atoms with van der Waals surface area (Å²) in [6.07, 6.45) is 6.20. The molecule has 0 saturated heterocycles. The van der Waals surface area contributed by atoms with Gasteiger partial charge in [-0.15, -0.1) is 0 Å². The fourth-order valence-corrected chi connectivity index (χ4v) is 4.11. The lowest BCUT2D eigenvalue weighted by atomic mass is 9.65. The maximum Gasteiger partial charge on any atom is 0.125 e. The number of aliphatic hydroxyl groups excluding tert-OH is 1. The lowest BCUT2D eigenvalue weighted by Gasteiger charge is -2.47. The lowest BCUT2D eigenvalue weighted by molar-refractivity contribution is -0.0582. The number of para-hydroxylation sites is 1. The molecule has 2 aliphatic rings. The molecule has 1 aliphatic carbocycles. The zero-order valence-electron chi connectivity index (χ0n) is 13.6. The summed E-state index contributed by atoms with van der Waals surface area (Å²) in [5.41, 5.74) is 1.25. The number of ether oxygens (including phenoxy) is 1. The molecule has 1 aromatic carbocycles. The second kappa shape index (κ2) is 5.31. The molecule has 116 valence electrons. The fourth-order valence-electron chi connectivity index (χ4n) is 4.11. The smallest absolute Gasteiger partial charge is 0.125 e. The quantitative estimate of drug-likeness (QED) is 0.841. The number of rotatable bonds is 2. The first kappa shape index (κ1) is 14.9. The average molecular weight is 288 g/mol. The molecule has 0 bridgehead atoms. The van der Waals surface area contributed by atoms with Crippen LogP contribution >= 0.6 is 0 Å². The van der Waals surface area contributed by atoms with Crippen molar-refractivity contribution in [2.75, 3.05) is 0 Å². The maximum atomic E-state index is 10.5. The molecule has 1 spiro atoms. The van der Waals surface area contributed by atoms with E-state index in [1.165, 1.54) is 19.3 Å². The minimum absolute atomic E-state index is 0.131. The van der Waals surface area contributed by atoms with Crippen LogP contribution in [0.1, 0.15) is 71.0 Å². The highest BCUT2D eigenvalue weighted by molar-refractivity contribution is 5.38. The van der Waals surface area contributed by atoms with Crippen LogP contribution in [0.25, 0.3) is 0 Å². The van der Waals surface area contributed by atoms with Gasteiger partial charge in [0.15, 0.2) is 0 Å². The van der Waals surface area contributed by atoms with E-state index >= 15 is 0 Å². The van der Waals surface area contributed by atoms with Crippen LogP contribution in [0.2, 0.25) is 0 Å². The second-order valence-corrected chi connectivity index (χ2v) is 7.66. The van der Waals surface area contributed by atoms with Crippen LogP contribution in [-0.4, -0.2) is 10.7 Å². The van der Waals surface area contributed by atoms with Crippen molar-refractivity contribution in [3.05, 3.63) is 29.8 Å². The Bertz CT molecular complexity index is 498. The summed E-state index contributed by atoms with van der Waals surface area (Å²) in [5.74, 6) is 1.68. The van der Waals surface area contributed by atoms with E-state index in [9.17, 15) is 5.11 Å². The minimum Gasteiger partial charge on any atom is -0.487 e. The van der Waals surface area contributed by atoms with Crippen molar-refractivity contribution in [2.45, 2.75) is 71.0 Å². The van der Waals surface area contributed by atoms with Crippen LogP contribution in [0, 0.1) is 11.3 Å². The highest BCUT2D eigenvalue weighted by atomic mass is 16.5. The summed E-state index contributed by atoms with van der Waals surface area (Å²) < 4.78 is 6.37. The van der Waals surface area contributed by atoms with Gasteiger partial charge in [0.1, 0.15) is 11.4 Å². The molecule has 3 rings (SSSR count). The molecule has 1 unspecified atom stereocenters. The van der Waals surface area contributed by atoms with Gasteiger partial charge in [-0.1, -0.05) is 45.4 Å². The predicted molar refractivity (Wildman–Crippen MR) is 85.4 cm³/mol. The van der Waals surface area contributed by atoms with E-state index < -0.39 is 0 Å². The first-order valence-corrected chi connectivity index (χ1v) is 8.42. The van der Waals surface area contributed by atoms with Crippen LogP contribution in [0.4, 0.5) is 0 Å². The summed E-state index contributed by atoms with van der Waals surface area (Å²) in [7, 11) is 0. The van der Waals surface area contributed by atoms with E-state index in [2.05, 4.69) is 20.8 Å². The zero-order chi connectivity index (χ0) is 15.1. The van der Waals surface area contributed by atoms with Crippen molar-refractivity contribution in [3.63, 3.8) is 0 Å². The standard InChI is InChI=1S/C19H28O2/c1-4-18(2,3)14-9-11-19(12-10-14)13-16(20)15-7-5-6-8-17(15)21-19/h5-8,14,16,20H,4,9-13H2,1-3H3. The normalized spacial score (nSPS) is 32.6. The summed E-state index contributed by atoms with van der Waals surface area (Å²) >= 11 is 0. The van der Waals surface area contributed by atoms with Gasteiger partial charge in [-0.05, 0) is 43.1 Å². The first-order valence-electron chi connectivity index (χ1n) is 8.42. The van der Waals surface area contributed by atoms with E-state index in [0.717, 1.165) is 36.5 Å². The minimum atomic E-state index is -0.370. The monoisotopic (exact) mass is 288 g/mol. The SMILES string of the molecule is CCC(C)(C)C1CCC2(CC1)CC(O)c1ccccc1O2. The Morgan fingerprint density at radius 3 is 2.57 bits per heavy atom. The molecule has 1 fully saturated rings. The van der Waals surface area contributed by atoms with Crippen LogP contribution < -0.4 is 4.74 Å². The Morgan fingerprint density at radius 2 is 1.90 bits per heavy atom. The Balaban J connectivity index is 1.75. The third kappa shape index (κ3) is 2.70. The van der Waals surface area contributed by atoms with E-state index in [0.29, 0.717) is 5.41 Å². The number of aliphatic hydroxyl groups is 1. The highest BCUT2D eigenvalue weighted by Gasteiger charge is 2.45. The molecule has 1 aliphatic heterocycles. The summed E-state index contributed by atoms with van der Waals surface area (Å²) in [4.78, 5) is 0. The number of hydrogen-bond acceptors (Lipinski definition) is 2. The van der Waals surface area contributed by atoms with Crippen LogP contribution in [-0.2, 0) is 0 Å². The molecule has 1 atom stereocenters. The summed E-state index contributed by atoms with van der Waals surface area (Å²) in [6, 6.07) is 7.96. The Hall–Kier alpha value is -1.02. The van der Waals surface area contributed by atoms with Crippen molar-refractivity contribution in [1.29, 1.82) is 0 Å². The van der Waals surface area contributed by atoms with Crippen LogP contribution in [0.5, 0.6) is 5.75 Å². The maximum absolute atomic E-state index is 10.5. The number of benzene rings is 1. The van der Waals surface area contributed by atoms with Gasteiger partial charge in [0, 0.05) is 12.0 Å². The van der Waals surface area contributed by atoms with E-state index in [4.69, 9.17) is 4.74 Å². The predicted octanol–water partition coefficient (Wildman–Crippen LogP) is 4.87. The van der Waals surface area contributed by atoms with Crippen LogP contribution in [0.3, 0.4) is 0 Å². The summed E-state index contributed by atoms with van der Waals surface area (Å²) in [5, 5.41) is 10.5. The molecule has 1 aromatic rings. The molecule has 1 heterocycles. The average Bonchev–Trinajstić information content (AvgIpc) is 2.48. The van der Waals surface area contributed by atoms with Gasteiger partial charge in [0.25, 0.3) is 0 Å². The lowest BCUT2D eigenvalue weighted by Crippen LogP contribution is -2.45. The third-order valence-electron chi connectivity index (χ3n) is 6.08. The molecule has 0 radical (unpaired) electrons. The zero-order valence-corrected chi connectivity index (χ0v) is 13.6. The molecular weight excluding hydrogens is 260 g/mol. The number of fused-ring (bicyclic) bond motifs is 1. The van der Waals surface area contributed by atoms with Crippen molar-refractivity contribution >= 4 is 0 Å². The molecule has 1 N–H and O–H groups in total. The van der Waals surface area contributed by atoms with E-state index in [-0.39, 0.29) is 11.7 Å². The molecule has 0 amide bonds. The molecular formula is C19H28O2. The Kier molecular flexibility index (Phi) is 3.77. The van der Waals surface area contributed by atoms with E-state index in [1.807, 2.05) is 24.3 Å². The van der Waals surface area contributed by atoms with Crippen molar-refractivity contribution in [3.8, 4) is 5.75 Å². The fraction of sp³-hybridized carbons (Fsp3) is 0.684. The number of hydrogen-bond donors (Lipinski definition) is 1. The molecule has 2 heteroatoms. The topological polar surface area (TPSA) is 29.5 Å². The largest absolute Gasteiger partial charge is 0.487 e. The summed E-state index contributed by atoms with van der Waals surface area (Å²) in [6.45, 7) is 7.07. The molecule has 0 aromatic heterocycles.